The molecule has 0 spiro atoms. The maximum absolute atomic E-state index is 12.2. The molecular weight excluding hydrogens is 240 g/mol. The summed E-state index contributed by atoms with van der Waals surface area (Å²) in [5.41, 5.74) is 6.63. The molecule has 0 aliphatic carbocycles. The lowest BCUT2D eigenvalue weighted by Gasteiger charge is -2.25. The first-order chi connectivity index (χ1) is 9.08. The molecule has 2 N–H and O–H groups in total. The first-order valence-corrected chi connectivity index (χ1v) is 6.17. The Kier molecular flexibility index (Phi) is 3.85. The number of benzene rings is 1. The Labute approximate surface area is 112 Å². The van der Waals surface area contributed by atoms with Gasteiger partial charge in [0.15, 0.2) is 0 Å². The van der Waals surface area contributed by atoms with Gasteiger partial charge in [0, 0.05) is 13.2 Å². The van der Waals surface area contributed by atoms with Gasteiger partial charge in [-0.05, 0) is 18.6 Å². The number of carbonyl (C=O) groups is 1. The summed E-state index contributed by atoms with van der Waals surface area (Å²) >= 11 is 0. The highest BCUT2D eigenvalue weighted by Crippen LogP contribution is 2.18. The van der Waals surface area contributed by atoms with Gasteiger partial charge < -0.3 is 10.6 Å². The number of nitrogens with zero attached hydrogens (tertiary/aromatic N) is 3. The maximum Gasteiger partial charge on any atom is 0.244 e. The van der Waals surface area contributed by atoms with Crippen LogP contribution >= 0.6 is 0 Å². The molecule has 0 radical (unpaired) electrons. The van der Waals surface area contributed by atoms with Crippen molar-refractivity contribution >= 4 is 11.7 Å². The minimum atomic E-state index is -0.000506. The Bertz CT molecular complexity index is 550. The number of anilines is 1. The third kappa shape index (κ3) is 3.13. The molecule has 5 heteroatoms. The number of amides is 1. The van der Waals surface area contributed by atoms with E-state index in [0.717, 1.165) is 5.56 Å². The van der Waals surface area contributed by atoms with E-state index in [1.165, 1.54) is 0 Å². The first kappa shape index (κ1) is 13.1. The normalized spacial score (nSPS) is 12.1. The van der Waals surface area contributed by atoms with Gasteiger partial charge in [0.1, 0.15) is 12.4 Å². The quantitative estimate of drug-likeness (QED) is 0.907. The molecule has 0 saturated heterocycles. The lowest BCUT2D eigenvalue weighted by atomic mass is 10.1. The summed E-state index contributed by atoms with van der Waals surface area (Å²) in [5, 5.41) is 4.01. The number of likely N-dealkylation sites (N-methyl/N-ethyl adjacent to an activating group) is 1. The summed E-state index contributed by atoms with van der Waals surface area (Å²) in [5.74, 6) is 0.422. The molecule has 19 heavy (non-hydrogen) atoms. The summed E-state index contributed by atoms with van der Waals surface area (Å²) in [7, 11) is 1.80. The zero-order valence-electron chi connectivity index (χ0n) is 11.2. The summed E-state index contributed by atoms with van der Waals surface area (Å²) in [4.78, 5) is 13.9. The molecule has 5 nitrogen and oxygen atoms in total. The molecular formula is C14H18N4O. The van der Waals surface area contributed by atoms with Gasteiger partial charge in [-0.15, -0.1) is 0 Å². The zero-order valence-corrected chi connectivity index (χ0v) is 11.2. The second-order valence-electron chi connectivity index (χ2n) is 4.53. The molecule has 0 aliphatic heterocycles. The van der Waals surface area contributed by atoms with Crippen LogP contribution in [-0.4, -0.2) is 27.6 Å². The molecule has 0 aliphatic rings. The standard InChI is InChI=1S/C14H18N4O/c1-11(12-6-4-3-5-7-12)17(2)14(19)10-18-9-8-13(15)16-18/h3-9,11H,10H2,1-2H3,(H2,15,16). The van der Waals surface area contributed by atoms with Crippen LogP contribution in [-0.2, 0) is 11.3 Å². The first-order valence-electron chi connectivity index (χ1n) is 6.17. The van der Waals surface area contributed by atoms with E-state index in [0.29, 0.717) is 5.82 Å². The van der Waals surface area contributed by atoms with E-state index in [1.54, 1.807) is 28.9 Å². The van der Waals surface area contributed by atoms with Gasteiger partial charge in [-0.1, -0.05) is 30.3 Å². The minimum absolute atomic E-state index is 0.000506. The highest BCUT2D eigenvalue weighted by atomic mass is 16.2. The van der Waals surface area contributed by atoms with Gasteiger partial charge in [0.2, 0.25) is 5.91 Å². The Hall–Kier alpha value is -2.30. The van der Waals surface area contributed by atoms with Gasteiger partial charge in [-0.25, -0.2) is 0 Å². The molecule has 2 aromatic rings. The fraction of sp³-hybridized carbons (Fsp3) is 0.286. The van der Waals surface area contributed by atoms with Crippen LogP contribution in [0, 0.1) is 0 Å². The maximum atomic E-state index is 12.2. The number of carbonyl (C=O) groups excluding carboxylic acids is 1. The number of nitrogens with two attached hydrogens (primary N) is 1. The van der Waals surface area contributed by atoms with Crippen molar-refractivity contribution < 1.29 is 4.79 Å². The number of nitrogen functional groups attached to an aromatic ring is 1. The Balaban J connectivity index is 2.03. The van der Waals surface area contributed by atoms with Crippen molar-refractivity contribution in [3.63, 3.8) is 0 Å². The van der Waals surface area contributed by atoms with Crippen molar-refractivity contribution in [2.24, 2.45) is 0 Å². The van der Waals surface area contributed by atoms with E-state index in [-0.39, 0.29) is 18.5 Å². The van der Waals surface area contributed by atoms with Crippen molar-refractivity contribution in [2.75, 3.05) is 12.8 Å². The van der Waals surface area contributed by atoms with Crippen LogP contribution in [0.15, 0.2) is 42.6 Å². The average molecular weight is 258 g/mol. The molecule has 0 fully saturated rings. The van der Waals surface area contributed by atoms with Gasteiger partial charge in [0.25, 0.3) is 0 Å². The Morgan fingerprint density at radius 1 is 1.37 bits per heavy atom. The number of hydrogen-bond donors (Lipinski definition) is 1. The average Bonchev–Trinajstić information content (AvgIpc) is 2.83. The smallest absolute Gasteiger partial charge is 0.244 e. The third-order valence-electron chi connectivity index (χ3n) is 3.21. The van der Waals surface area contributed by atoms with E-state index in [9.17, 15) is 4.79 Å². The SMILES string of the molecule is CC(c1ccccc1)N(C)C(=O)Cn1ccc(N)n1. The van der Waals surface area contributed by atoms with Crippen molar-refractivity contribution in [2.45, 2.75) is 19.5 Å². The molecule has 1 unspecified atom stereocenters. The van der Waals surface area contributed by atoms with Crippen LogP contribution in [0.4, 0.5) is 5.82 Å². The Morgan fingerprint density at radius 2 is 2.05 bits per heavy atom. The number of rotatable bonds is 4. The van der Waals surface area contributed by atoms with Gasteiger partial charge in [0.05, 0.1) is 6.04 Å². The lowest BCUT2D eigenvalue weighted by molar-refractivity contribution is -0.132. The number of hydrogen-bond acceptors (Lipinski definition) is 3. The highest BCUT2D eigenvalue weighted by Gasteiger charge is 2.17. The summed E-state index contributed by atoms with van der Waals surface area (Å²) < 4.78 is 1.55. The van der Waals surface area contributed by atoms with Crippen LogP contribution in [0.3, 0.4) is 0 Å². The van der Waals surface area contributed by atoms with E-state index in [1.807, 2.05) is 37.3 Å². The minimum Gasteiger partial charge on any atom is -0.382 e. The van der Waals surface area contributed by atoms with Crippen molar-refractivity contribution in [3.05, 3.63) is 48.2 Å². The predicted molar refractivity (Wildman–Crippen MR) is 74.3 cm³/mol. The van der Waals surface area contributed by atoms with E-state index in [4.69, 9.17) is 5.73 Å². The predicted octanol–water partition coefficient (Wildman–Crippen LogP) is 1.68. The van der Waals surface area contributed by atoms with Crippen molar-refractivity contribution in [1.82, 2.24) is 14.7 Å². The second-order valence-corrected chi connectivity index (χ2v) is 4.53. The number of aromatic nitrogens is 2. The largest absolute Gasteiger partial charge is 0.382 e. The molecule has 0 saturated carbocycles. The van der Waals surface area contributed by atoms with Gasteiger partial charge >= 0.3 is 0 Å². The molecule has 1 aromatic heterocycles. The molecule has 1 heterocycles. The Morgan fingerprint density at radius 3 is 2.63 bits per heavy atom. The third-order valence-corrected chi connectivity index (χ3v) is 3.21. The monoisotopic (exact) mass is 258 g/mol. The summed E-state index contributed by atoms with van der Waals surface area (Å²) in [6.45, 7) is 2.20. The van der Waals surface area contributed by atoms with Crippen molar-refractivity contribution in [1.29, 1.82) is 0 Å². The van der Waals surface area contributed by atoms with Crippen molar-refractivity contribution in [3.8, 4) is 0 Å². The molecule has 100 valence electrons. The lowest BCUT2D eigenvalue weighted by Crippen LogP contribution is -2.32. The molecule has 0 bridgehead atoms. The second kappa shape index (κ2) is 5.56. The van der Waals surface area contributed by atoms with Gasteiger partial charge in [-0.3, -0.25) is 9.48 Å². The van der Waals surface area contributed by atoms with Crippen LogP contribution in [0.5, 0.6) is 0 Å². The van der Waals surface area contributed by atoms with Crippen LogP contribution in [0.25, 0.3) is 0 Å². The molecule has 1 atom stereocenters. The van der Waals surface area contributed by atoms with Crippen LogP contribution in [0.1, 0.15) is 18.5 Å². The molecule has 2 rings (SSSR count). The highest BCUT2D eigenvalue weighted by molar-refractivity contribution is 5.76. The topological polar surface area (TPSA) is 64.2 Å². The molecule has 1 amide bonds. The van der Waals surface area contributed by atoms with E-state index < -0.39 is 0 Å². The zero-order chi connectivity index (χ0) is 13.8. The summed E-state index contributed by atoms with van der Waals surface area (Å²) in [6, 6.07) is 11.6. The molecule has 1 aromatic carbocycles. The van der Waals surface area contributed by atoms with Gasteiger partial charge in [-0.2, -0.15) is 5.10 Å². The fourth-order valence-corrected chi connectivity index (χ4v) is 1.89. The van der Waals surface area contributed by atoms with E-state index in [2.05, 4.69) is 5.10 Å². The van der Waals surface area contributed by atoms with Crippen LogP contribution in [0.2, 0.25) is 0 Å². The van der Waals surface area contributed by atoms with E-state index >= 15 is 0 Å². The van der Waals surface area contributed by atoms with Crippen LogP contribution < -0.4 is 5.73 Å². The summed E-state index contributed by atoms with van der Waals surface area (Å²) in [6.07, 6.45) is 1.70. The fourth-order valence-electron chi connectivity index (χ4n) is 1.89.